The number of phenols is 1. The van der Waals surface area contributed by atoms with Crippen LogP contribution in [0.5, 0.6) is 11.5 Å². The van der Waals surface area contributed by atoms with Crippen LogP contribution >= 0.6 is 0 Å². The molecule has 1 fully saturated rings. The maximum Gasteiger partial charge on any atom is 0.416 e. The Morgan fingerprint density at radius 1 is 1.00 bits per heavy atom. The summed E-state index contributed by atoms with van der Waals surface area (Å²) in [4.78, 5) is 1.64. The maximum absolute atomic E-state index is 13.0. The van der Waals surface area contributed by atoms with Gasteiger partial charge in [-0.15, -0.1) is 0 Å². The third-order valence-corrected chi connectivity index (χ3v) is 7.72. The lowest BCUT2D eigenvalue weighted by Gasteiger charge is -2.34. The summed E-state index contributed by atoms with van der Waals surface area (Å²) in [5.41, 5.74) is -0.287. The maximum atomic E-state index is 13.0. The molecule has 0 unspecified atom stereocenters. The Balaban J connectivity index is 1.50. The van der Waals surface area contributed by atoms with Gasteiger partial charge in [0.2, 0.25) is 10.0 Å². The lowest BCUT2D eigenvalue weighted by molar-refractivity contribution is -0.137. The van der Waals surface area contributed by atoms with E-state index in [4.69, 9.17) is 4.74 Å². The highest BCUT2D eigenvalue weighted by atomic mass is 32.2. The van der Waals surface area contributed by atoms with Crippen LogP contribution in [0.1, 0.15) is 11.1 Å². The van der Waals surface area contributed by atoms with Crippen molar-refractivity contribution < 1.29 is 31.4 Å². The van der Waals surface area contributed by atoms with Crippen molar-refractivity contribution in [3.63, 3.8) is 0 Å². The molecule has 0 aromatic heterocycles. The van der Waals surface area contributed by atoms with Crippen molar-refractivity contribution in [2.75, 3.05) is 33.3 Å². The first-order valence-electron chi connectivity index (χ1n) is 10.3. The first-order chi connectivity index (χ1) is 15.6. The Kier molecular flexibility index (Phi) is 6.26. The van der Waals surface area contributed by atoms with Gasteiger partial charge in [0.15, 0.2) is 0 Å². The molecule has 1 aliphatic heterocycles. The number of hydrogen-bond donors (Lipinski definition) is 1. The molecule has 0 spiro atoms. The largest absolute Gasteiger partial charge is 0.508 e. The number of fused-ring (bicyclic) bond motifs is 1. The summed E-state index contributed by atoms with van der Waals surface area (Å²) in [5, 5.41) is 12.2. The predicted molar refractivity (Wildman–Crippen MR) is 118 cm³/mol. The van der Waals surface area contributed by atoms with Gasteiger partial charge >= 0.3 is 6.18 Å². The zero-order valence-electron chi connectivity index (χ0n) is 17.8. The summed E-state index contributed by atoms with van der Waals surface area (Å²) in [7, 11) is -2.49. The van der Waals surface area contributed by atoms with Crippen LogP contribution < -0.4 is 4.74 Å². The molecule has 1 saturated heterocycles. The average molecular weight is 481 g/mol. The van der Waals surface area contributed by atoms with Crippen molar-refractivity contribution in [2.24, 2.45) is 0 Å². The van der Waals surface area contributed by atoms with Gasteiger partial charge in [0.25, 0.3) is 0 Å². The lowest BCUT2D eigenvalue weighted by atomic mass is 10.0. The molecule has 1 aliphatic rings. The molecule has 4 rings (SSSR count). The second-order valence-corrected chi connectivity index (χ2v) is 9.79. The number of methoxy groups -OCH3 is 1. The molecule has 10 heteroatoms. The number of piperazine rings is 1. The molecular weight excluding hydrogens is 457 g/mol. The first kappa shape index (κ1) is 23.3. The number of hydrogen-bond acceptors (Lipinski definition) is 5. The van der Waals surface area contributed by atoms with Crippen molar-refractivity contribution in [3.05, 3.63) is 65.7 Å². The van der Waals surface area contributed by atoms with Crippen LogP contribution in [0.2, 0.25) is 0 Å². The van der Waals surface area contributed by atoms with E-state index in [1.54, 1.807) is 13.2 Å². The smallest absolute Gasteiger partial charge is 0.416 e. The standard InChI is InChI=1S/C23H23F3N2O4S/c1-32-18-7-5-16-6-8-22(29)21(20(16)14-18)15-27-9-11-28(12-10-27)33(30,31)19-4-2-3-17(13-19)23(24,25)26/h2-8,13-14,29H,9-12,15H2,1H3. The van der Waals surface area contributed by atoms with Crippen LogP contribution in [-0.2, 0) is 22.7 Å². The van der Waals surface area contributed by atoms with E-state index in [9.17, 15) is 26.7 Å². The quantitative estimate of drug-likeness (QED) is 0.596. The minimum Gasteiger partial charge on any atom is -0.508 e. The van der Waals surface area contributed by atoms with Gasteiger partial charge in [-0.1, -0.05) is 18.2 Å². The molecule has 0 saturated carbocycles. The second-order valence-electron chi connectivity index (χ2n) is 7.86. The van der Waals surface area contributed by atoms with Crippen molar-refractivity contribution in [2.45, 2.75) is 17.6 Å². The van der Waals surface area contributed by atoms with Gasteiger partial charge in [0.1, 0.15) is 11.5 Å². The number of sulfonamides is 1. The highest BCUT2D eigenvalue weighted by Gasteiger charge is 2.34. The van der Waals surface area contributed by atoms with Gasteiger partial charge in [0, 0.05) is 38.3 Å². The number of phenolic OH excluding ortho intramolecular Hbond substituents is 1. The molecule has 1 N–H and O–H groups in total. The summed E-state index contributed by atoms with van der Waals surface area (Å²) in [6.45, 7) is 1.41. The summed E-state index contributed by atoms with van der Waals surface area (Å²) in [6.07, 6.45) is -4.62. The molecule has 0 aliphatic carbocycles. The van der Waals surface area contributed by atoms with Gasteiger partial charge in [-0.2, -0.15) is 17.5 Å². The number of alkyl halides is 3. The van der Waals surface area contributed by atoms with E-state index in [0.29, 0.717) is 37.0 Å². The molecule has 0 amide bonds. The Bertz CT molecular complexity index is 1270. The predicted octanol–water partition coefficient (Wildman–Crippen LogP) is 4.08. The first-order valence-corrected chi connectivity index (χ1v) is 11.7. The molecule has 0 radical (unpaired) electrons. The van der Waals surface area contributed by atoms with E-state index in [1.807, 2.05) is 29.2 Å². The van der Waals surface area contributed by atoms with Gasteiger partial charge in [0.05, 0.1) is 17.6 Å². The van der Waals surface area contributed by atoms with Crippen LogP contribution in [0, 0.1) is 0 Å². The number of ether oxygens (including phenoxy) is 1. The average Bonchev–Trinajstić information content (AvgIpc) is 2.80. The Morgan fingerprint density at radius 2 is 1.70 bits per heavy atom. The van der Waals surface area contributed by atoms with Crippen molar-refractivity contribution in [1.29, 1.82) is 0 Å². The zero-order valence-corrected chi connectivity index (χ0v) is 18.7. The molecular formula is C23H23F3N2O4S. The van der Waals surface area contributed by atoms with E-state index >= 15 is 0 Å². The van der Waals surface area contributed by atoms with E-state index in [0.717, 1.165) is 22.9 Å². The summed E-state index contributed by atoms with van der Waals surface area (Å²) >= 11 is 0. The minimum absolute atomic E-state index is 0.132. The monoisotopic (exact) mass is 480 g/mol. The highest BCUT2D eigenvalue weighted by Crippen LogP contribution is 2.33. The van der Waals surface area contributed by atoms with Crippen LogP contribution in [0.3, 0.4) is 0 Å². The van der Waals surface area contributed by atoms with Crippen molar-refractivity contribution >= 4 is 20.8 Å². The molecule has 33 heavy (non-hydrogen) atoms. The van der Waals surface area contributed by atoms with Crippen LogP contribution in [0.15, 0.2) is 59.5 Å². The molecule has 3 aromatic carbocycles. The molecule has 0 bridgehead atoms. The normalized spacial score (nSPS) is 16.2. The Labute approximate surface area is 189 Å². The molecule has 0 atom stereocenters. The fourth-order valence-electron chi connectivity index (χ4n) is 3.98. The number of halogens is 3. The van der Waals surface area contributed by atoms with Gasteiger partial charge in [-0.3, -0.25) is 4.90 Å². The topological polar surface area (TPSA) is 70.1 Å². The van der Waals surface area contributed by atoms with Crippen LogP contribution in [0.25, 0.3) is 10.8 Å². The van der Waals surface area contributed by atoms with E-state index < -0.39 is 21.8 Å². The summed E-state index contributed by atoms with van der Waals surface area (Å²) in [5.74, 6) is 0.793. The van der Waals surface area contributed by atoms with E-state index in [-0.39, 0.29) is 23.7 Å². The molecule has 6 nitrogen and oxygen atoms in total. The SMILES string of the molecule is COc1ccc2ccc(O)c(CN3CCN(S(=O)(=O)c4cccc(C(F)(F)F)c4)CC3)c2c1. The lowest BCUT2D eigenvalue weighted by Crippen LogP contribution is -2.48. The molecule has 3 aromatic rings. The zero-order chi connectivity index (χ0) is 23.8. The van der Waals surface area contributed by atoms with Gasteiger partial charge in [-0.05, 0) is 47.2 Å². The fraction of sp³-hybridized carbons (Fsp3) is 0.304. The number of rotatable bonds is 5. The highest BCUT2D eigenvalue weighted by molar-refractivity contribution is 7.89. The summed E-state index contributed by atoms with van der Waals surface area (Å²) < 4.78 is 71.3. The van der Waals surface area contributed by atoms with Crippen LogP contribution in [0.4, 0.5) is 13.2 Å². The summed E-state index contributed by atoms with van der Waals surface area (Å²) in [6, 6.07) is 12.8. The van der Waals surface area contributed by atoms with Gasteiger partial charge in [-0.25, -0.2) is 8.42 Å². The third kappa shape index (κ3) is 4.78. The van der Waals surface area contributed by atoms with Crippen molar-refractivity contribution in [1.82, 2.24) is 9.21 Å². The number of benzene rings is 3. The third-order valence-electron chi connectivity index (χ3n) is 5.83. The second kappa shape index (κ2) is 8.85. The van der Waals surface area contributed by atoms with Crippen molar-refractivity contribution in [3.8, 4) is 11.5 Å². The van der Waals surface area contributed by atoms with Gasteiger partial charge < -0.3 is 9.84 Å². The number of nitrogens with zero attached hydrogens (tertiary/aromatic N) is 2. The van der Waals surface area contributed by atoms with E-state index in [2.05, 4.69) is 0 Å². The number of aromatic hydroxyl groups is 1. The van der Waals surface area contributed by atoms with Crippen LogP contribution in [-0.4, -0.2) is 56.0 Å². The molecule has 176 valence electrons. The molecule has 1 heterocycles. The Morgan fingerprint density at radius 3 is 2.36 bits per heavy atom. The minimum atomic E-state index is -4.62. The Hall–Kier alpha value is -2.82. The van der Waals surface area contributed by atoms with E-state index in [1.165, 1.54) is 10.4 Å². The fourth-order valence-corrected chi connectivity index (χ4v) is 5.44.